The van der Waals surface area contributed by atoms with Gasteiger partial charge >= 0.3 is 0 Å². The first kappa shape index (κ1) is 14.9. The summed E-state index contributed by atoms with van der Waals surface area (Å²) in [7, 11) is 0. The summed E-state index contributed by atoms with van der Waals surface area (Å²) in [6.45, 7) is 5.06. The molecule has 0 radical (unpaired) electrons. The molecule has 0 saturated carbocycles. The quantitative estimate of drug-likeness (QED) is 0.795. The van der Waals surface area contributed by atoms with Crippen LogP contribution in [0.5, 0.6) is 0 Å². The van der Waals surface area contributed by atoms with E-state index in [2.05, 4.69) is 37.2 Å². The zero-order valence-corrected chi connectivity index (χ0v) is 13.8. The molecule has 0 spiro atoms. The molecule has 1 atom stereocenters. The van der Waals surface area contributed by atoms with Crippen LogP contribution in [0.25, 0.3) is 5.65 Å². The van der Waals surface area contributed by atoms with Gasteiger partial charge in [-0.05, 0) is 24.8 Å². The van der Waals surface area contributed by atoms with Crippen LogP contribution < -0.4 is 10.2 Å². The SMILES string of the molecule is CC1CCCN(c2cc(NCc3ccnc4ccnn34)ncn2)C1. The van der Waals surface area contributed by atoms with Crippen molar-refractivity contribution in [2.45, 2.75) is 26.3 Å². The standard InChI is InChI=1S/C17H21N7/c1-13-3-2-8-23(11-13)17-9-15(20-12-21-17)19-10-14-4-6-18-16-5-7-22-24(14)16/h4-7,9,12-13H,2-3,8,10-11H2,1H3,(H,19,20,21). The lowest BCUT2D eigenvalue weighted by Crippen LogP contribution is -2.34. The van der Waals surface area contributed by atoms with Crippen molar-refractivity contribution in [3.63, 3.8) is 0 Å². The first-order valence-corrected chi connectivity index (χ1v) is 8.38. The molecule has 7 heteroatoms. The highest BCUT2D eigenvalue weighted by Gasteiger charge is 2.17. The number of aromatic nitrogens is 5. The number of piperidine rings is 1. The van der Waals surface area contributed by atoms with E-state index in [1.165, 1.54) is 12.8 Å². The van der Waals surface area contributed by atoms with Crippen molar-refractivity contribution in [2.75, 3.05) is 23.3 Å². The van der Waals surface area contributed by atoms with Gasteiger partial charge in [-0.25, -0.2) is 19.5 Å². The fourth-order valence-electron chi connectivity index (χ4n) is 3.21. The van der Waals surface area contributed by atoms with Crippen molar-refractivity contribution in [1.29, 1.82) is 0 Å². The lowest BCUT2D eigenvalue weighted by atomic mass is 10.0. The van der Waals surface area contributed by atoms with Gasteiger partial charge in [0.1, 0.15) is 18.0 Å². The molecule has 1 saturated heterocycles. The monoisotopic (exact) mass is 323 g/mol. The third kappa shape index (κ3) is 3.02. The van der Waals surface area contributed by atoms with Gasteiger partial charge in [0.05, 0.1) is 18.4 Å². The van der Waals surface area contributed by atoms with Crippen LogP contribution in [0.1, 0.15) is 25.5 Å². The second kappa shape index (κ2) is 6.43. The number of anilines is 2. The van der Waals surface area contributed by atoms with Crippen LogP contribution >= 0.6 is 0 Å². The first-order valence-electron chi connectivity index (χ1n) is 8.38. The molecule has 0 aromatic carbocycles. The Kier molecular flexibility index (Phi) is 3.98. The van der Waals surface area contributed by atoms with E-state index in [4.69, 9.17) is 0 Å². The van der Waals surface area contributed by atoms with E-state index in [-0.39, 0.29) is 0 Å². The van der Waals surface area contributed by atoms with Crippen molar-refractivity contribution in [2.24, 2.45) is 5.92 Å². The zero-order valence-electron chi connectivity index (χ0n) is 13.8. The number of rotatable bonds is 4. The molecule has 1 fully saturated rings. The van der Waals surface area contributed by atoms with E-state index >= 15 is 0 Å². The predicted molar refractivity (Wildman–Crippen MR) is 93.0 cm³/mol. The zero-order chi connectivity index (χ0) is 16.4. The Morgan fingerprint density at radius 3 is 3.08 bits per heavy atom. The molecule has 4 heterocycles. The average Bonchev–Trinajstić information content (AvgIpc) is 3.09. The molecule has 3 aromatic rings. The average molecular weight is 323 g/mol. The van der Waals surface area contributed by atoms with Gasteiger partial charge in [-0.2, -0.15) is 5.10 Å². The molecular formula is C17H21N7. The molecule has 0 amide bonds. The Bertz CT molecular complexity index is 828. The second-order valence-corrected chi connectivity index (χ2v) is 6.35. The van der Waals surface area contributed by atoms with Crippen LogP contribution in [-0.4, -0.2) is 37.7 Å². The van der Waals surface area contributed by atoms with Gasteiger partial charge in [-0.15, -0.1) is 0 Å². The van der Waals surface area contributed by atoms with Crippen molar-refractivity contribution in [3.05, 3.63) is 42.6 Å². The maximum Gasteiger partial charge on any atom is 0.155 e. The van der Waals surface area contributed by atoms with E-state index in [0.717, 1.165) is 42.0 Å². The molecule has 0 aliphatic carbocycles. The summed E-state index contributed by atoms with van der Waals surface area (Å²) in [5.74, 6) is 2.54. The summed E-state index contributed by atoms with van der Waals surface area (Å²) < 4.78 is 1.83. The van der Waals surface area contributed by atoms with E-state index in [0.29, 0.717) is 6.54 Å². The lowest BCUT2D eigenvalue weighted by molar-refractivity contribution is 0.444. The summed E-state index contributed by atoms with van der Waals surface area (Å²) in [6, 6.07) is 5.88. The van der Waals surface area contributed by atoms with Crippen LogP contribution in [0.3, 0.4) is 0 Å². The van der Waals surface area contributed by atoms with Crippen LogP contribution in [0.15, 0.2) is 36.9 Å². The van der Waals surface area contributed by atoms with Crippen LogP contribution in [-0.2, 0) is 6.54 Å². The maximum atomic E-state index is 4.44. The molecule has 1 aliphatic rings. The minimum Gasteiger partial charge on any atom is -0.364 e. The highest BCUT2D eigenvalue weighted by atomic mass is 15.3. The molecule has 1 N–H and O–H groups in total. The minimum absolute atomic E-state index is 0.632. The Hall–Kier alpha value is -2.70. The van der Waals surface area contributed by atoms with Crippen LogP contribution in [0, 0.1) is 5.92 Å². The Labute approximate surface area is 140 Å². The normalized spacial score (nSPS) is 18.0. The van der Waals surface area contributed by atoms with Gasteiger partial charge in [0.25, 0.3) is 0 Å². The molecule has 1 unspecified atom stereocenters. The third-order valence-electron chi connectivity index (χ3n) is 4.45. The highest BCUT2D eigenvalue weighted by Crippen LogP contribution is 2.22. The molecule has 24 heavy (non-hydrogen) atoms. The van der Waals surface area contributed by atoms with Crippen molar-refractivity contribution in [1.82, 2.24) is 24.6 Å². The Morgan fingerprint density at radius 1 is 1.21 bits per heavy atom. The number of nitrogens with zero attached hydrogens (tertiary/aromatic N) is 6. The van der Waals surface area contributed by atoms with Crippen LogP contribution in [0.2, 0.25) is 0 Å². The van der Waals surface area contributed by atoms with E-state index < -0.39 is 0 Å². The summed E-state index contributed by atoms with van der Waals surface area (Å²) in [6.07, 6.45) is 7.71. The van der Waals surface area contributed by atoms with Gasteiger partial charge in [0.2, 0.25) is 0 Å². The van der Waals surface area contributed by atoms with Gasteiger partial charge in [-0.3, -0.25) is 0 Å². The van der Waals surface area contributed by atoms with Crippen molar-refractivity contribution < 1.29 is 0 Å². The summed E-state index contributed by atoms with van der Waals surface area (Å²) in [5, 5.41) is 7.67. The molecule has 3 aromatic heterocycles. The first-order chi connectivity index (χ1) is 11.8. The molecular weight excluding hydrogens is 302 g/mol. The van der Waals surface area contributed by atoms with Gasteiger partial charge in [0.15, 0.2) is 5.65 Å². The van der Waals surface area contributed by atoms with Crippen molar-refractivity contribution >= 4 is 17.3 Å². The minimum atomic E-state index is 0.632. The second-order valence-electron chi connectivity index (χ2n) is 6.35. The molecule has 4 rings (SSSR count). The van der Waals surface area contributed by atoms with Gasteiger partial charge in [-0.1, -0.05) is 6.92 Å². The topological polar surface area (TPSA) is 71.2 Å². The smallest absolute Gasteiger partial charge is 0.155 e. The van der Waals surface area contributed by atoms with Crippen molar-refractivity contribution in [3.8, 4) is 0 Å². The number of hydrogen-bond acceptors (Lipinski definition) is 6. The number of nitrogens with one attached hydrogen (secondary N) is 1. The maximum absolute atomic E-state index is 4.44. The summed E-state index contributed by atoms with van der Waals surface area (Å²) >= 11 is 0. The Balaban J connectivity index is 1.49. The van der Waals surface area contributed by atoms with Gasteiger partial charge in [0, 0.05) is 31.4 Å². The lowest BCUT2D eigenvalue weighted by Gasteiger charge is -2.31. The number of hydrogen-bond donors (Lipinski definition) is 1. The predicted octanol–water partition coefficient (Wildman–Crippen LogP) is 2.37. The van der Waals surface area contributed by atoms with Crippen LogP contribution in [0.4, 0.5) is 11.6 Å². The highest BCUT2D eigenvalue weighted by molar-refractivity contribution is 5.49. The summed E-state index contributed by atoms with van der Waals surface area (Å²) in [4.78, 5) is 15.4. The third-order valence-corrected chi connectivity index (χ3v) is 4.45. The molecule has 1 aliphatic heterocycles. The molecule has 7 nitrogen and oxygen atoms in total. The largest absolute Gasteiger partial charge is 0.364 e. The van der Waals surface area contributed by atoms with E-state index in [1.54, 1.807) is 18.7 Å². The number of fused-ring (bicyclic) bond motifs is 1. The van der Waals surface area contributed by atoms with Gasteiger partial charge < -0.3 is 10.2 Å². The fraction of sp³-hybridized carbons (Fsp3) is 0.412. The summed E-state index contributed by atoms with van der Waals surface area (Å²) in [5.41, 5.74) is 1.89. The molecule has 0 bridgehead atoms. The Morgan fingerprint density at radius 2 is 2.17 bits per heavy atom. The van der Waals surface area contributed by atoms with E-state index in [1.807, 2.05) is 22.7 Å². The fourth-order valence-corrected chi connectivity index (χ4v) is 3.21. The molecule has 124 valence electrons. The van der Waals surface area contributed by atoms with E-state index in [9.17, 15) is 0 Å².